The van der Waals surface area contributed by atoms with Crippen molar-refractivity contribution in [1.29, 1.82) is 0 Å². The maximum Gasteiger partial charge on any atom is 0.255 e. The van der Waals surface area contributed by atoms with Crippen LogP contribution in [0.1, 0.15) is 30.2 Å². The molecule has 0 unspecified atom stereocenters. The van der Waals surface area contributed by atoms with Crippen LogP contribution in [0.2, 0.25) is 0 Å². The molecule has 31 heavy (non-hydrogen) atoms. The first-order valence-electron chi connectivity index (χ1n) is 11.0. The number of fused-ring (bicyclic) bond motifs is 1. The Morgan fingerprint density at radius 2 is 1.77 bits per heavy atom. The summed E-state index contributed by atoms with van der Waals surface area (Å²) in [6.45, 7) is 10.3. The van der Waals surface area contributed by atoms with E-state index in [2.05, 4.69) is 59.8 Å². The van der Waals surface area contributed by atoms with E-state index in [1.807, 2.05) is 16.6 Å². The van der Waals surface area contributed by atoms with Gasteiger partial charge in [-0.1, -0.05) is 25.5 Å². The molecule has 0 spiro atoms. The molecule has 1 aliphatic rings. The SMILES string of the molecule is CCCc1cc(N2CCN(c3cc(C)ccc3C)CC2)n2nc(-c3ccco3)nc2n1. The maximum absolute atomic E-state index is 5.51. The number of hydrogen-bond donors (Lipinski definition) is 0. The van der Waals surface area contributed by atoms with E-state index in [0.717, 1.165) is 50.5 Å². The van der Waals surface area contributed by atoms with Crippen LogP contribution in [0.4, 0.5) is 11.5 Å². The van der Waals surface area contributed by atoms with E-state index >= 15 is 0 Å². The van der Waals surface area contributed by atoms with Crippen molar-refractivity contribution in [1.82, 2.24) is 19.6 Å². The van der Waals surface area contributed by atoms with Gasteiger partial charge >= 0.3 is 0 Å². The summed E-state index contributed by atoms with van der Waals surface area (Å²) in [5, 5.41) is 4.73. The minimum atomic E-state index is 0.571. The molecule has 0 amide bonds. The minimum Gasteiger partial charge on any atom is -0.461 e. The lowest BCUT2D eigenvalue weighted by Crippen LogP contribution is -2.47. The molecule has 0 atom stereocenters. The second kappa shape index (κ2) is 8.06. The van der Waals surface area contributed by atoms with Crippen molar-refractivity contribution < 1.29 is 4.42 Å². The van der Waals surface area contributed by atoms with Gasteiger partial charge in [-0.3, -0.25) is 0 Å². The van der Waals surface area contributed by atoms with Crippen molar-refractivity contribution in [2.24, 2.45) is 0 Å². The second-order valence-corrected chi connectivity index (χ2v) is 8.24. The third-order valence-electron chi connectivity index (χ3n) is 5.90. The predicted molar refractivity (Wildman–Crippen MR) is 123 cm³/mol. The standard InChI is InChI=1S/C24H28N6O/c1-4-6-19-16-22(30-24(25-19)26-23(27-30)21-7-5-14-31-21)29-12-10-28(11-13-29)20-15-17(2)8-9-18(20)3/h5,7-9,14-16H,4,6,10-13H2,1-3H3. The van der Waals surface area contributed by atoms with Crippen LogP contribution in [0.5, 0.6) is 0 Å². The monoisotopic (exact) mass is 416 g/mol. The molecule has 160 valence electrons. The van der Waals surface area contributed by atoms with E-state index in [4.69, 9.17) is 14.5 Å². The summed E-state index contributed by atoms with van der Waals surface area (Å²) in [4.78, 5) is 14.3. The summed E-state index contributed by atoms with van der Waals surface area (Å²) in [6, 6.07) is 12.6. The van der Waals surface area contributed by atoms with Gasteiger partial charge in [0.25, 0.3) is 5.78 Å². The van der Waals surface area contributed by atoms with Crippen LogP contribution in [-0.2, 0) is 6.42 Å². The number of aryl methyl sites for hydroxylation is 3. The number of furan rings is 1. The van der Waals surface area contributed by atoms with E-state index in [-0.39, 0.29) is 0 Å². The molecule has 3 aromatic heterocycles. The smallest absolute Gasteiger partial charge is 0.255 e. The summed E-state index contributed by atoms with van der Waals surface area (Å²) in [5.74, 6) is 2.92. The zero-order valence-corrected chi connectivity index (χ0v) is 18.4. The second-order valence-electron chi connectivity index (χ2n) is 8.24. The van der Waals surface area contributed by atoms with Gasteiger partial charge in [-0.2, -0.15) is 9.50 Å². The molecule has 7 heteroatoms. The first-order chi connectivity index (χ1) is 15.1. The molecule has 1 aromatic carbocycles. The zero-order valence-electron chi connectivity index (χ0n) is 18.4. The Kier molecular flexibility index (Phi) is 5.10. The summed E-state index contributed by atoms with van der Waals surface area (Å²) < 4.78 is 7.38. The minimum absolute atomic E-state index is 0.571. The zero-order chi connectivity index (χ0) is 21.4. The maximum atomic E-state index is 5.51. The molecule has 1 aliphatic heterocycles. The molecule has 0 N–H and O–H groups in total. The normalized spacial score (nSPS) is 14.5. The Hall–Kier alpha value is -3.35. The summed E-state index contributed by atoms with van der Waals surface area (Å²) >= 11 is 0. The van der Waals surface area contributed by atoms with Crippen molar-refractivity contribution in [3.63, 3.8) is 0 Å². The van der Waals surface area contributed by atoms with Crippen molar-refractivity contribution in [2.45, 2.75) is 33.6 Å². The molecular weight excluding hydrogens is 388 g/mol. The number of hydrogen-bond acceptors (Lipinski definition) is 6. The van der Waals surface area contributed by atoms with E-state index < -0.39 is 0 Å². The Labute approximate surface area is 182 Å². The van der Waals surface area contributed by atoms with Crippen LogP contribution in [0, 0.1) is 13.8 Å². The van der Waals surface area contributed by atoms with Gasteiger partial charge in [-0.15, -0.1) is 5.10 Å². The molecule has 0 bridgehead atoms. The van der Waals surface area contributed by atoms with Gasteiger partial charge < -0.3 is 14.2 Å². The van der Waals surface area contributed by atoms with Crippen molar-refractivity contribution in [3.05, 3.63) is 59.5 Å². The molecule has 0 radical (unpaired) electrons. The first kappa shape index (κ1) is 19.6. The Morgan fingerprint density at radius 1 is 0.968 bits per heavy atom. The number of rotatable bonds is 5. The van der Waals surface area contributed by atoms with Crippen LogP contribution < -0.4 is 9.80 Å². The lowest BCUT2D eigenvalue weighted by Gasteiger charge is -2.38. The quantitative estimate of drug-likeness (QED) is 0.484. The number of anilines is 2. The van der Waals surface area contributed by atoms with Gasteiger partial charge in [0.05, 0.1) is 6.26 Å². The molecule has 0 aliphatic carbocycles. The lowest BCUT2D eigenvalue weighted by molar-refractivity contribution is 0.577. The van der Waals surface area contributed by atoms with Gasteiger partial charge in [0.15, 0.2) is 5.76 Å². The number of aromatic nitrogens is 4. The van der Waals surface area contributed by atoms with Crippen LogP contribution in [0.3, 0.4) is 0 Å². The van der Waals surface area contributed by atoms with E-state index in [1.165, 1.54) is 16.8 Å². The van der Waals surface area contributed by atoms with Crippen molar-refractivity contribution >= 4 is 17.3 Å². The Morgan fingerprint density at radius 3 is 2.52 bits per heavy atom. The first-order valence-corrected chi connectivity index (χ1v) is 11.0. The summed E-state index contributed by atoms with van der Waals surface area (Å²) in [5.41, 5.74) is 5.03. The molecule has 4 heterocycles. The highest BCUT2D eigenvalue weighted by Gasteiger charge is 2.23. The predicted octanol–water partition coefficient (Wildman–Crippen LogP) is 4.28. The van der Waals surface area contributed by atoms with E-state index in [1.54, 1.807) is 6.26 Å². The van der Waals surface area contributed by atoms with Crippen LogP contribution in [0.15, 0.2) is 47.1 Å². The topological polar surface area (TPSA) is 62.7 Å². The molecule has 1 fully saturated rings. The molecule has 7 nitrogen and oxygen atoms in total. The molecule has 1 saturated heterocycles. The number of nitrogens with zero attached hydrogens (tertiary/aromatic N) is 6. The van der Waals surface area contributed by atoms with E-state index in [9.17, 15) is 0 Å². The molecule has 0 saturated carbocycles. The van der Waals surface area contributed by atoms with Gasteiger partial charge in [-0.25, -0.2) is 4.98 Å². The fourth-order valence-electron chi connectivity index (χ4n) is 4.26. The Bertz CT molecular complexity index is 1190. The summed E-state index contributed by atoms with van der Waals surface area (Å²) in [6.07, 6.45) is 3.61. The van der Waals surface area contributed by atoms with Crippen molar-refractivity contribution in [2.75, 3.05) is 36.0 Å². The average molecular weight is 417 g/mol. The number of piperazine rings is 1. The van der Waals surface area contributed by atoms with Gasteiger partial charge in [0.2, 0.25) is 5.82 Å². The molecule has 5 rings (SSSR count). The van der Waals surface area contributed by atoms with Crippen LogP contribution in [-0.4, -0.2) is 45.8 Å². The van der Waals surface area contributed by atoms with Crippen LogP contribution in [0.25, 0.3) is 17.4 Å². The van der Waals surface area contributed by atoms with Gasteiger partial charge in [-0.05, 0) is 49.6 Å². The highest BCUT2D eigenvalue weighted by Crippen LogP contribution is 2.26. The Balaban J connectivity index is 1.46. The highest BCUT2D eigenvalue weighted by molar-refractivity contribution is 5.58. The highest BCUT2D eigenvalue weighted by atomic mass is 16.3. The average Bonchev–Trinajstić information content (AvgIpc) is 3.45. The van der Waals surface area contributed by atoms with E-state index in [0.29, 0.717) is 17.4 Å². The third kappa shape index (κ3) is 3.76. The van der Waals surface area contributed by atoms with Crippen LogP contribution >= 0.6 is 0 Å². The number of benzene rings is 1. The van der Waals surface area contributed by atoms with Gasteiger partial charge in [0, 0.05) is 43.6 Å². The third-order valence-corrected chi connectivity index (χ3v) is 5.90. The largest absolute Gasteiger partial charge is 0.461 e. The fraction of sp³-hybridized carbons (Fsp3) is 0.375. The van der Waals surface area contributed by atoms with Gasteiger partial charge in [0.1, 0.15) is 5.82 Å². The summed E-state index contributed by atoms with van der Waals surface area (Å²) in [7, 11) is 0. The van der Waals surface area contributed by atoms with Crippen molar-refractivity contribution in [3.8, 4) is 11.6 Å². The molecule has 4 aromatic rings. The fourth-order valence-corrected chi connectivity index (χ4v) is 4.26. The molecular formula is C24H28N6O. The lowest BCUT2D eigenvalue weighted by atomic mass is 10.1.